The highest BCUT2D eigenvalue weighted by atomic mass is 19.2. The molecule has 1 aromatic heterocycles. The van der Waals surface area contributed by atoms with E-state index in [-0.39, 0.29) is 16.7 Å². The summed E-state index contributed by atoms with van der Waals surface area (Å²) >= 11 is 0. The molecular weight excluding hydrogens is 650 g/mol. The zero-order valence-electron chi connectivity index (χ0n) is 23.9. The number of nitrogens with zero attached hydrogens (tertiary/aromatic N) is 2. The van der Waals surface area contributed by atoms with Crippen LogP contribution in [0.5, 0.6) is 0 Å². The molecule has 0 spiro atoms. The van der Waals surface area contributed by atoms with Gasteiger partial charge in [0.25, 0.3) is 0 Å². The highest BCUT2D eigenvalue weighted by Crippen LogP contribution is 2.51. The summed E-state index contributed by atoms with van der Waals surface area (Å²) in [6.07, 6.45) is 4.94. The number of allylic oxidation sites excluding steroid dienone is 2. The van der Waals surface area contributed by atoms with Gasteiger partial charge in [0.15, 0.2) is 46.5 Å². The molecule has 0 N–H and O–H groups in total. The SMILES string of the molecule is Fc1c(F)c(F)c(N2c3ccccc3C3C=C(c4ccc5c(c4)c4ccccc4n5-c4c(F)c(F)c(F)c(F)c4F)C=CC32)c(F)c1F. The van der Waals surface area contributed by atoms with Gasteiger partial charge in [-0.15, -0.1) is 0 Å². The van der Waals surface area contributed by atoms with E-state index in [1.54, 1.807) is 66.8 Å². The summed E-state index contributed by atoms with van der Waals surface area (Å²) in [4.78, 5) is 1.07. The van der Waals surface area contributed by atoms with Crippen molar-refractivity contribution in [1.29, 1.82) is 0 Å². The maximum atomic E-state index is 15.1. The zero-order valence-corrected chi connectivity index (χ0v) is 23.9. The van der Waals surface area contributed by atoms with E-state index in [0.717, 1.165) is 9.47 Å². The average Bonchev–Trinajstić information content (AvgIpc) is 3.60. The van der Waals surface area contributed by atoms with Crippen molar-refractivity contribution in [2.45, 2.75) is 12.0 Å². The summed E-state index contributed by atoms with van der Waals surface area (Å²) in [5.74, 6) is -21.4. The molecule has 2 heterocycles. The maximum Gasteiger partial charge on any atom is 0.200 e. The van der Waals surface area contributed by atoms with Gasteiger partial charge in [-0.3, -0.25) is 0 Å². The van der Waals surface area contributed by atoms with Crippen LogP contribution in [0, 0.1) is 58.2 Å². The van der Waals surface area contributed by atoms with Crippen molar-refractivity contribution in [1.82, 2.24) is 4.57 Å². The molecule has 1 aliphatic heterocycles. The normalized spacial score (nSPS) is 17.0. The molecule has 48 heavy (non-hydrogen) atoms. The number of fused-ring (bicyclic) bond motifs is 6. The van der Waals surface area contributed by atoms with Crippen molar-refractivity contribution in [3.8, 4) is 5.69 Å². The quantitative estimate of drug-likeness (QED) is 0.104. The van der Waals surface area contributed by atoms with Crippen molar-refractivity contribution < 1.29 is 43.9 Å². The minimum Gasteiger partial charge on any atom is -0.328 e. The van der Waals surface area contributed by atoms with Crippen LogP contribution in [0.1, 0.15) is 17.0 Å². The first-order chi connectivity index (χ1) is 23.0. The van der Waals surface area contributed by atoms with Gasteiger partial charge in [-0.05, 0) is 41.0 Å². The molecule has 8 rings (SSSR count). The van der Waals surface area contributed by atoms with Crippen LogP contribution >= 0.6 is 0 Å². The van der Waals surface area contributed by atoms with Crippen LogP contribution in [0.4, 0.5) is 55.3 Å². The predicted molar refractivity (Wildman–Crippen MR) is 159 cm³/mol. The van der Waals surface area contributed by atoms with Crippen LogP contribution in [0.25, 0.3) is 33.1 Å². The predicted octanol–water partition coefficient (Wildman–Crippen LogP) is 10.4. The fourth-order valence-electron chi connectivity index (χ4n) is 6.79. The Bertz CT molecular complexity index is 2390. The molecule has 0 bridgehead atoms. The lowest BCUT2D eigenvalue weighted by Gasteiger charge is -2.30. The monoisotopic (exact) mass is 666 g/mol. The van der Waals surface area contributed by atoms with E-state index in [1.165, 1.54) is 18.2 Å². The third kappa shape index (κ3) is 3.94. The van der Waals surface area contributed by atoms with Crippen LogP contribution in [0.3, 0.4) is 0 Å². The molecule has 1 aliphatic carbocycles. The second kappa shape index (κ2) is 10.5. The maximum absolute atomic E-state index is 15.1. The lowest BCUT2D eigenvalue weighted by Crippen LogP contribution is -2.31. The number of rotatable bonds is 3. The van der Waals surface area contributed by atoms with E-state index in [4.69, 9.17) is 0 Å². The van der Waals surface area contributed by atoms with Gasteiger partial charge in [0.05, 0.1) is 17.1 Å². The smallest absolute Gasteiger partial charge is 0.200 e. The van der Waals surface area contributed by atoms with Crippen molar-refractivity contribution in [3.63, 3.8) is 0 Å². The number of benzene rings is 5. The van der Waals surface area contributed by atoms with Gasteiger partial charge in [0.1, 0.15) is 11.4 Å². The van der Waals surface area contributed by atoms with Gasteiger partial charge in [0, 0.05) is 22.4 Å². The Kier molecular flexibility index (Phi) is 6.53. The topological polar surface area (TPSA) is 8.17 Å². The van der Waals surface area contributed by atoms with Gasteiger partial charge in [-0.25, -0.2) is 43.9 Å². The lowest BCUT2D eigenvalue weighted by atomic mass is 9.86. The molecule has 0 saturated carbocycles. The Hall–Kier alpha value is -5.52. The second-order valence-electron chi connectivity index (χ2n) is 11.3. The largest absolute Gasteiger partial charge is 0.328 e. The van der Waals surface area contributed by atoms with Crippen molar-refractivity contribution in [3.05, 3.63) is 154 Å². The Labute approximate surface area is 264 Å². The molecule has 240 valence electrons. The zero-order chi connectivity index (χ0) is 33.8. The molecule has 2 nitrogen and oxygen atoms in total. The fraction of sp³-hybridized carbons (Fsp3) is 0.0556. The van der Waals surface area contributed by atoms with E-state index in [9.17, 15) is 26.3 Å². The summed E-state index contributed by atoms with van der Waals surface area (Å²) in [6, 6.07) is 16.5. The minimum absolute atomic E-state index is 0.144. The summed E-state index contributed by atoms with van der Waals surface area (Å²) < 4.78 is 146. The number of halogens is 10. The van der Waals surface area contributed by atoms with E-state index in [2.05, 4.69) is 0 Å². The summed E-state index contributed by atoms with van der Waals surface area (Å²) in [5.41, 5.74) is 0.0202. The highest BCUT2D eigenvalue weighted by Gasteiger charge is 2.42. The highest BCUT2D eigenvalue weighted by molar-refractivity contribution is 6.10. The van der Waals surface area contributed by atoms with E-state index in [1.807, 2.05) is 0 Å². The Morgan fingerprint density at radius 1 is 0.500 bits per heavy atom. The summed E-state index contributed by atoms with van der Waals surface area (Å²) in [7, 11) is 0. The molecule has 5 aromatic carbocycles. The van der Waals surface area contributed by atoms with Gasteiger partial charge in [-0.1, -0.05) is 60.7 Å². The Balaban J connectivity index is 1.28. The molecule has 2 atom stereocenters. The molecule has 12 heteroatoms. The summed E-state index contributed by atoms with van der Waals surface area (Å²) in [5, 5.41) is 0.860. The van der Waals surface area contributed by atoms with Crippen molar-refractivity contribution >= 4 is 38.8 Å². The van der Waals surface area contributed by atoms with Crippen LogP contribution < -0.4 is 4.90 Å². The first kappa shape index (κ1) is 29.9. The van der Waals surface area contributed by atoms with Gasteiger partial charge >= 0.3 is 0 Å². The summed E-state index contributed by atoms with van der Waals surface area (Å²) in [6.45, 7) is 0. The van der Waals surface area contributed by atoms with Crippen molar-refractivity contribution in [2.75, 3.05) is 4.90 Å². The van der Waals surface area contributed by atoms with E-state index in [0.29, 0.717) is 27.5 Å². The van der Waals surface area contributed by atoms with Crippen LogP contribution in [0.15, 0.2) is 85.0 Å². The number of hydrogen-bond donors (Lipinski definition) is 0. The number of anilines is 2. The first-order valence-corrected chi connectivity index (χ1v) is 14.4. The van der Waals surface area contributed by atoms with Gasteiger partial charge < -0.3 is 9.47 Å². The lowest BCUT2D eigenvalue weighted by molar-refractivity contribution is 0.376. The number of hydrogen-bond acceptors (Lipinski definition) is 1. The third-order valence-electron chi connectivity index (χ3n) is 8.90. The molecule has 6 aromatic rings. The fourth-order valence-corrected chi connectivity index (χ4v) is 6.79. The minimum atomic E-state index is -2.28. The molecule has 0 fully saturated rings. The van der Waals surface area contributed by atoms with Crippen LogP contribution in [-0.4, -0.2) is 10.6 Å². The second-order valence-corrected chi connectivity index (χ2v) is 11.3. The average molecular weight is 667 g/mol. The third-order valence-corrected chi connectivity index (χ3v) is 8.90. The van der Waals surface area contributed by atoms with Crippen molar-refractivity contribution in [2.24, 2.45) is 0 Å². The van der Waals surface area contributed by atoms with Crippen LogP contribution in [0.2, 0.25) is 0 Å². The van der Waals surface area contributed by atoms with E-state index >= 15 is 17.6 Å². The first-order valence-electron chi connectivity index (χ1n) is 14.4. The van der Waals surface area contributed by atoms with Gasteiger partial charge in [0.2, 0.25) is 11.6 Å². The molecule has 2 unspecified atom stereocenters. The standard InChI is InChI=1S/C36H16F10N2/c37-25-27(39)31(43)35(32(44)28(25)40)47-21-7-3-1-5-17(21)19-13-15(9-11-23(19)47)16-10-12-24-20(14-16)18-6-2-4-8-22(18)48(24)36-33(45)29(41)26(38)30(42)34(36)46/h1-14,19,23H. The molecule has 0 amide bonds. The van der Waals surface area contributed by atoms with Gasteiger partial charge in [-0.2, -0.15) is 0 Å². The number of para-hydroxylation sites is 2. The Morgan fingerprint density at radius 2 is 1.04 bits per heavy atom. The molecule has 2 aliphatic rings. The molecule has 0 radical (unpaired) electrons. The Morgan fingerprint density at radius 3 is 1.71 bits per heavy atom. The van der Waals surface area contributed by atoms with Crippen LogP contribution in [-0.2, 0) is 0 Å². The molecular formula is C36H16F10N2. The molecule has 0 saturated heterocycles. The van der Waals surface area contributed by atoms with E-state index < -0.39 is 81.5 Å². The number of aromatic nitrogens is 1.